The molecule has 9 nitrogen and oxygen atoms in total. The van der Waals surface area contributed by atoms with E-state index in [1.54, 1.807) is 12.5 Å². The van der Waals surface area contributed by atoms with Crippen molar-refractivity contribution in [2.75, 3.05) is 25.1 Å². The molecular formula is C22H31IN5O4P. The number of nitrogens with one attached hydrogen (secondary N) is 2. The highest BCUT2D eigenvalue weighted by atomic mass is 127. The van der Waals surface area contributed by atoms with Gasteiger partial charge in [0.05, 0.1) is 30.9 Å². The minimum Gasteiger partial charge on any atom is -0.444 e. The van der Waals surface area contributed by atoms with Gasteiger partial charge in [0.2, 0.25) is 0 Å². The highest BCUT2D eigenvalue weighted by Gasteiger charge is 2.17. The summed E-state index contributed by atoms with van der Waals surface area (Å²) in [6, 6.07) is 4.22. The number of benzene rings is 1. The van der Waals surface area contributed by atoms with Gasteiger partial charge in [-0.15, -0.1) is 0 Å². The molecule has 1 aromatic carbocycles. The predicted octanol–water partition coefficient (Wildman–Crippen LogP) is 5.60. The molecule has 180 valence electrons. The molecule has 0 aliphatic heterocycles. The predicted molar refractivity (Wildman–Crippen MR) is 140 cm³/mol. The first-order valence-corrected chi connectivity index (χ1v) is 14.9. The molecule has 3 aromatic rings. The molecule has 2 heterocycles. The number of rotatable bonds is 11. The topological polar surface area (TPSA) is 103 Å². The molecule has 0 aliphatic carbocycles. The van der Waals surface area contributed by atoms with Gasteiger partial charge in [0.15, 0.2) is 0 Å². The van der Waals surface area contributed by atoms with E-state index in [0.29, 0.717) is 26.1 Å². The van der Waals surface area contributed by atoms with Crippen LogP contribution in [0.15, 0.2) is 35.3 Å². The standard InChI is InChI=1S/C22H31IN5O4P/c1-15(27-21(29)32-22(2,3)4)6-5-8-30-9-7-24-19-10-16(17-12-26-31-14-17)11-20-18(19)13-25-28(20)33-23/h10-15,24,33H,5-9H2,1-4H3,(H,27,29). The van der Waals surface area contributed by atoms with Crippen molar-refractivity contribution in [1.82, 2.24) is 20.0 Å². The molecular weight excluding hydrogens is 556 g/mol. The molecule has 2 unspecified atom stereocenters. The Kier molecular flexibility index (Phi) is 9.34. The molecule has 0 bridgehead atoms. The maximum atomic E-state index is 11.8. The van der Waals surface area contributed by atoms with Crippen LogP contribution < -0.4 is 10.6 Å². The number of hydrogen-bond acceptors (Lipinski definition) is 7. The van der Waals surface area contributed by atoms with Gasteiger partial charge in [-0.05, 0) is 80.3 Å². The quantitative estimate of drug-likeness (QED) is 0.171. The van der Waals surface area contributed by atoms with Crippen LogP contribution in [0.5, 0.6) is 0 Å². The number of carbonyl (C=O) groups is 1. The molecule has 3 rings (SSSR count). The molecule has 0 aliphatic rings. The molecule has 0 saturated carbocycles. The third-order valence-electron chi connectivity index (χ3n) is 4.79. The second-order valence-electron chi connectivity index (χ2n) is 8.74. The fraction of sp³-hybridized carbons (Fsp3) is 0.500. The normalized spacial score (nSPS) is 13.0. The highest BCUT2D eigenvalue weighted by Crippen LogP contribution is 2.35. The van der Waals surface area contributed by atoms with Gasteiger partial charge in [-0.3, -0.25) is 0 Å². The van der Waals surface area contributed by atoms with Crippen molar-refractivity contribution < 1.29 is 18.8 Å². The van der Waals surface area contributed by atoms with Gasteiger partial charge in [0, 0.05) is 35.8 Å². The number of fused-ring (bicyclic) bond motifs is 1. The van der Waals surface area contributed by atoms with Crippen molar-refractivity contribution >= 4 is 51.1 Å². The van der Waals surface area contributed by atoms with Crippen LogP contribution in [0.3, 0.4) is 0 Å². The number of anilines is 1. The Hall–Kier alpha value is -1.91. The number of halogens is 1. The van der Waals surface area contributed by atoms with Crippen LogP contribution in [0, 0.1) is 0 Å². The summed E-state index contributed by atoms with van der Waals surface area (Å²) in [4.78, 5) is 11.8. The minimum atomic E-state index is -0.490. The highest BCUT2D eigenvalue weighted by molar-refractivity contribution is 14.2. The average molecular weight is 587 g/mol. The summed E-state index contributed by atoms with van der Waals surface area (Å²) in [7, 11) is 0. The zero-order chi connectivity index (χ0) is 23.8. The van der Waals surface area contributed by atoms with E-state index in [1.165, 1.54) is 0 Å². The molecule has 0 fully saturated rings. The number of amides is 1. The van der Waals surface area contributed by atoms with Crippen LogP contribution >= 0.6 is 28.4 Å². The Balaban J connectivity index is 1.44. The van der Waals surface area contributed by atoms with Crippen LogP contribution in [0.2, 0.25) is 0 Å². The maximum absolute atomic E-state index is 11.8. The van der Waals surface area contributed by atoms with Crippen molar-refractivity contribution in [3.05, 3.63) is 30.8 Å². The Morgan fingerprint density at radius 1 is 1.27 bits per heavy atom. The fourth-order valence-electron chi connectivity index (χ4n) is 3.29. The first kappa shape index (κ1) is 25.7. The van der Waals surface area contributed by atoms with Gasteiger partial charge >= 0.3 is 6.09 Å². The van der Waals surface area contributed by atoms with E-state index in [2.05, 4.69) is 55.1 Å². The Morgan fingerprint density at radius 2 is 2.09 bits per heavy atom. The summed E-state index contributed by atoms with van der Waals surface area (Å²) in [6.07, 6.45) is 7.04. The van der Waals surface area contributed by atoms with E-state index in [4.69, 9.17) is 14.0 Å². The minimum absolute atomic E-state index is 0.0326. The van der Waals surface area contributed by atoms with Crippen LogP contribution in [-0.2, 0) is 9.47 Å². The van der Waals surface area contributed by atoms with Gasteiger partial charge in [0.1, 0.15) is 11.9 Å². The second kappa shape index (κ2) is 12.0. The fourth-order valence-corrected chi connectivity index (χ4v) is 4.82. The van der Waals surface area contributed by atoms with E-state index < -0.39 is 5.60 Å². The third kappa shape index (κ3) is 7.82. The summed E-state index contributed by atoms with van der Waals surface area (Å²) in [5.41, 5.74) is 3.53. The molecule has 2 atom stereocenters. The number of carbonyl (C=O) groups excluding carboxylic acids is 1. The largest absolute Gasteiger partial charge is 0.444 e. The smallest absolute Gasteiger partial charge is 0.407 e. The summed E-state index contributed by atoms with van der Waals surface area (Å²) >= 11 is 2.33. The third-order valence-corrected chi connectivity index (χ3v) is 6.67. The molecule has 2 aromatic heterocycles. The van der Waals surface area contributed by atoms with E-state index in [9.17, 15) is 4.79 Å². The monoisotopic (exact) mass is 587 g/mol. The van der Waals surface area contributed by atoms with E-state index in [-0.39, 0.29) is 12.1 Å². The molecule has 0 radical (unpaired) electrons. The maximum Gasteiger partial charge on any atom is 0.407 e. The summed E-state index contributed by atoms with van der Waals surface area (Å²) < 4.78 is 18.1. The lowest BCUT2D eigenvalue weighted by molar-refractivity contribution is 0.0502. The number of alkyl carbamates (subject to hydrolysis) is 1. The Morgan fingerprint density at radius 3 is 2.79 bits per heavy atom. The lowest BCUT2D eigenvalue weighted by Crippen LogP contribution is -2.37. The average Bonchev–Trinajstić information content (AvgIpc) is 3.41. The molecule has 11 heteroatoms. The zero-order valence-electron chi connectivity index (χ0n) is 19.4. The molecule has 0 saturated heterocycles. The van der Waals surface area contributed by atoms with Gasteiger partial charge in [-0.25, -0.2) is 9.25 Å². The van der Waals surface area contributed by atoms with Gasteiger partial charge in [-0.2, -0.15) is 5.10 Å². The summed E-state index contributed by atoms with van der Waals surface area (Å²) in [5, 5.41) is 15.7. The summed E-state index contributed by atoms with van der Waals surface area (Å²) in [6.45, 7) is 9.41. The van der Waals surface area contributed by atoms with Crippen LogP contribution in [-0.4, -0.2) is 52.2 Å². The molecule has 33 heavy (non-hydrogen) atoms. The van der Waals surface area contributed by atoms with Crippen molar-refractivity contribution in [3.8, 4) is 11.1 Å². The van der Waals surface area contributed by atoms with Gasteiger partial charge < -0.3 is 24.6 Å². The number of aromatic nitrogens is 3. The van der Waals surface area contributed by atoms with Crippen molar-refractivity contribution in [3.63, 3.8) is 0 Å². The molecule has 0 spiro atoms. The van der Waals surface area contributed by atoms with E-state index >= 15 is 0 Å². The first-order chi connectivity index (χ1) is 15.8. The Bertz CT molecular complexity index is 1040. The second-order valence-corrected chi connectivity index (χ2v) is 10.8. The lowest BCUT2D eigenvalue weighted by atomic mass is 10.1. The van der Waals surface area contributed by atoms with Crippen molar-refractivity contribution in [2.45, 2.75) is 52.2 Å². The zero-order valence-corrected chi connectivity index (χ0v) is 22.5. The van der Waals surface area contributed by atoms with Crippen LogP contribution in [0.25, 0.3) is 22.0 Å². The van der Waals surface area contributed by atoms with Crippen LogP contribution in [0.1, 0.15) is 40.5 Å². The Labute approximate surface area is 208 Å². The van der Waals surface area contributed by atoms with Crippen molar-refractivity contribution in [2.24, 2.45) is 0 Å². The SMILES string of the molecule is CC(CCCOCCNc1cc(-c2cnoc2)cc2c1cnn2PI)NC(=O)OC(C)(C)C. The van der Waals surface area contributed by atoms with Crippen molar-refractivity contribution in [1.29, 1.82) is 0 Å². The van der Waals surface area contributed by atoms with E-state index in [0.717, 1.165) is 40.6 Å². The molecule has 2 N–H and O–H groups in total. The molecule has 1 amide bonds. The number of hydrogen-bond donors (Lipinski definition) is 2. The van der Waals surface area contributed by atoms with Gasteiger partial charge in [-0.1, -0.05) is 5.16 Å². The first-order valence-electron chi connectivity index (χ1n) is 10.9. The van der Waals surface area contributed by atoms with Crippen LogP contribution in [0.4, 0.5) is 10.5 Å². The lowest BCUT2D eigenvalue weighted by Gasteiger charge is -2.22. The number of nitrogens with zero attached hydrogens (tertiary/aromatic N) is 3. The summed E-state index contributed by atoms with van der Waals surface area (Å²) in [5.74, 6) is 0. The van der Waals surface area contributed by atoms with E-state index in [1.807, 2.05) is 38.3 Å². The number of ether oxygens (including phenoxy) is 2. The van der Waals surface area contributed by atoms with Gasteiger partial charge in [0.25, 0.3) is 0 Å².